The molecule has 0 aliphatic carbocycles. The van der Waals surface area contributed by atoms with Crippen LogP contribution in [0.1, 0.15) is 46.0 Å². The van der Waals surface area contributed by atoms with Crippen molar-refractivity contribution < 1.29 is 31.8 Å². The quantitative estimate of drug-likeness (QED) is 0.497. The smallest absolute Gasteiger partial charge is 0.451 e. The Morgan fingerprint density at radius 2 is 1.97 bits per heavy atom. The Bertz CT molecular complexity index is 1180. The number of ether oxygens (including phenoxy) is 2. The predicted octanol–water partition coefficient (Wildman–Crippen LogP) is 4.73. The SMILES string of the molecule is Cc1cnc(-c2cc(OC3CCOC3)c(F)c(C(=O)N[C@H](C)c3cnc(C(F)(F)F)nc3)c2)s1. The number of hydrogen-bond donors (Lipinski definition) is 1. The Hall–Kier alpha value is -3.12. The lowest BCUT2D eigenvalue weighted by atomic mass is 10.1. The van der Waals surface area contributed by atoms with Gasteiger partial charge in [-0.15, -0.1) is 11.3 Å². The fourth-order valence-electron chi connectivity index (χ4n) is 3.31. The van der Waals surface area contributed by atoms with Gasteiger partial charge in [-0.2, -0.15) is 13.2 Å². The number of thiazole rings is 1. The number of benzene rings is 1. The van der Waals surface area contributed by atoms with Crippen LogP contribution in [0.15, 0.2) is 30.7 Å². The summed E-state index contributed by atoms with van der Waals surface area (Å²) in [4.78, 5) is 24.8. The fourth-order valence-corrected chi connectivity index (χ4v) is 4.06. The molecule has 2 aromatic heterocycles. The van der Waals surface area contributed by atoms with Crippen molar-refractivity contribution in [3.63, 3.8) is 0 Å². The summed E-state index contributed by atoms with van der Waals surface area (Å²) in [6, 6.07) is 2.08. The van der Waals surface area contributed by atoms with Crippen molar-refractivity contribution >= 4 is 17.2 Å². The molecule has 1 aromatic carbocycles. The predicted molar refractivity (Wildman–Crippen MR) is 115 cm³/mol. The summed E-state index contributed by atoms with van der Waals surface area (Å²) in [6.45, 7) is 4.21. The summed E-state index contributed by atoms with van der Waals surface area (Å²) in [5.74, 6) is -3.01. The number of carbonyl (C=O) groups is 1. The minimum atomic E-state index is -4.68. The highest BCUT2D eigenvalue weighted by Gasteiger charge is 2.34. The molecule has 180 valence electrons. The van der Waals surface area contributed by atoms with Gasteiger partial charge in [0.2, 0.25) is 5.82 Å². The van der Waals surface area contributed by atoms with E-state index in [2.05, 4.69) is 20.3 Å². The molecule has 12 heteroatoms. The Morgan fingerprint density at radius 3 is 2.56 bits per heavy atom. The molecule has 3 heterocycles. The van der Waals surface area contributed by atoms with Gasteiger partial charge in [0.05, 0.1) is 24.8 Å². The fraction of sp³-hybridized carbons (Fsp3) is 0.364. The molecule has 1 saturated heterocycles. The highest BCUT2D eigenvalue weighted by atomic mass is 32.1. The third kappa shape index (κ3) is 5.33. The number of alkyl halides is 3. The molecular weight excluding hydrogens is 476 g/mol. The van der Waals surface area contributed by atoms with Crippen LogP contribution in [0.4, 0.5) is 17.6 Å². The van der Waals surface area contributed by atoms with Crippen molar-refractivity contribution in [3.05, 3.63) is 58.4 Å². The van der Waals surface area contributed by atoms with E-state index in [9.17, 15) is 18.0 Å². The van der Waals surface area contributed by atoms with Crippen LogP contribution >= 0.6 is 11.3 Å². The van der Waals surface area contributed by atoms with Crippen molar-refractivity contribution in [1.82, 2.24) is 20.3 Å². The zero-order chi connectivity index (χ0) is 24.5. The molecule has 0 bridgehead atoms. The highest BCUT2D eigenvalue weighted by Crippen LogP contribution is 2.33. The van der Waals surface area contributed by atoms with Gasteiger partial charge >= 0.3 is 6.18 Å². The van der Waals surface area contributed by atoms with Crippen LogP contribution < -0.4 is 10.1 Å². The molecule has 0 saturated carbocycles. The molecule has 0 radical (unpaired) electrons. The molecule has 1 amide bonds. The molecule has 1 N–H and O–H groups in total. The van der Waals surface area contributed by atoms with Gasteiger partial charge in [0.15, 0.2) is 11.6 Å². The first kappa shape index (κ1) is 24.0. The van der Waals surface area contributed by atoms with Gasteiger partial charge in [-0.05, 0) is 26.0 Å². The summed E-state index contributed by atoms with van der Waals surface area (Å²) in [7, 11) is 0. The van der Waals surface area contributed by atoms with E-state index < -0.39 is 29.8 Å². The Balaban J connectivity index is 1.61. The van der Waals surface area contributed by atoms with Crippen molar-refractivity contribution in [3.8, 4) is 16.3 Å². The summed E-state index contributed by atoms with van der Waals surface area (Å²) in [5, 5.41) is 3.17. The van der Waals surface area contributed by atoms with Gasteiger partial charge in [-0.25, -0.2) is 19.3 Å². The van der Waals surface area contributed by atoms with Crippen molar-refractivity contribution in [1.29, 1.82) is 0 Å². The lowest BCUT2D eigenvalue weighted by Gasteiger charge is -2.18. The van der Waals surface area contributed by atoms with E-state index in [1.54, 1.807) is 6.20 Å². The number of amides is 1. The molecule has 34 heavy (non-hydrogen) atoms. The number of nitrogens with one attached hydrogen (secondary N) is 1. The molecule has 0 spiro atoms. The maximum atomic E-state index is 15.3. The Labute approximate surface area is 196 Å². The zero-order valence-corrected chi connectivity index (χ0v) is 19.0. The largest absolute Gasteiger partial charge is 0.485 e. The molecule has 4 rings (SSSR count). The van der Waals surface area contributed by atoms with Crippen molar-refractivity contribution in [2.24, 2.45) is 0 Å². The molecule has 1 unspecified atom stereocenters. The molecule has 3 aromatic rings. The normalized spacial score (nSPS) is 16.9. The van der Waals surface area contributed by atoms with Gasteiger partial charge in [0.1, 0.15) is 11.1 Å². The molecule has 1 aliphatic heterocycles. The van der Waals surface area contributed by atoms with Crippen LogP contribution in [0, 0.1) is 12.7 Å². The van der Waals surface area contributed by atoms with Crippen molar-refractivity contribution in [2.75, 3.05) is 13.2 Å². The molecule has 7 nitrogen and oxygen atoms in total. The number of rotatable bonds is 6. The van der Waals surface area contributed by atoms with Crippen molar-refractivity contribution in [2.45, 2.75) is 38.6 Å². The third-order valence-electron chi connectivity index (χ3n) is 5.11. The standard InChI is InChI=1S/C22H20F4N4O3S/c1-11-7-27-20(34-11)13-5-16(18(23)17(6-13)33-15-3-4-32-10-15)19(31)30-12(2)14-8-28-21(29-9-14)22(24,25)26/h5-9,12,15H,3-4,10H2,1-2H3,(H,30,31)/t12-,15?/m1/s1. The summed E-state index contributed by atoms with van der Waals surface area (Å²) >= 11 is 1.38. The van der Waals surface area contributed by atoms with Gasteiger partial charge in [0.25, 0.3) is 5.91 Å². The number of hydrogen-bond acceptors (Lipinski definition) is 7. The van der Waals surface area contributed by atoms with E-state index in [4.69, 9.17) is 9.47 Å². The average molecular weight is 496 g/mol. The van der Waals surface area contributed by atoms with Crippen LogP contribution in [0.2, 0.25) is 0 Å². The summed E-state index contributed by atoms with van der Waals surface area (Å²) < 4.78 is 64.5. The second kappa shape index (κ2) is 9.63. The van der Waals surface area contributed by atoms with Crippen LogP contribution in [0.25, 0.3) is 10.6 Å². The Kier molecular flexibility index (Phi) is 6.80. The lowest BCUT2D eigenvalue weighted by Crippen LogP contribution is -2.28. The maximum Gasteiger partial charge on any atom is 0.451 e. The van der Waals surface area contributed by atoms with E-state index in [-0.39, 0.29) is 23.0 Å². The van der Waals surface area contributed by atoms with Gasteiger partial charge in [-0.3, -0.25) is 4.79 Å². The van der Waals surface area contributed by atoms with Crippen LogP contribution in [0.3, 0.4) is 0 Å². The number of carbonyl (C=O) groups excluding carboxylic acids is 1. The molecule has 1 aliphatic rings. The van der Waals surface area contributed by atoms with E-state index in [1.807, 2.05) is 6.92 Å². The second-order valence-electron chi connectivity index (χ2n) is 7.75. The minimum absolute atomic E-state index is 0.100. The van der Waals surface area contributed by atoms with Gasteiger partial charge in [-0.1, -0.05) is 0 Å². The van der Waals surface area contributed by atoms with E-state index in [0.29, 0.717) is 30.2 Å². The average Bonchev–Trinajstić information content (AvgIpc) is 3.46. The Morgan fingerprint density at radius 1 is 1.24 bits per heavy atom. The first-order valence-electron chi connectivity index (χ1n) is 10.3. The van der Waals surface area contributed by atoms with Gasteiger partial charge < -0.3 is 14.8 Å². The summed E-state index contributed by atoms with van der Waals surface area (Å²) in [5.41, 5.74) is 0.455. The first-order chi connectivity index (χ1) is 16.1. The molecular formula is C22H20F4N4O3S. The number of nitrogens with zero attached hydrogens (tertiary/aromatic N) is 3. The van der Waals surface area contributed by atoms with E-state index in [1.165, 1.54) is 30.4 Å². The second-order valence-corrected chi connectivity index (χ2v) is 8.98. The van der Waals surface area contributed by atoms with Crippen LogP contribution in [-0.4, -0.2) is 40.2 Å². The maximum absolute atomic E-state index is 15.3. The van der Waals surface area contributed by atoms with E-state index >= 15 is 4.39 Å². The number of aromatic nitrogens is 3. The lowest BCUT2D eigenvalue weighted by molar-refractivity contribution is -0.145. The molecule has 1 fully saturated rings. The van der Waals surface area contributed by atoms with Gasteiger partial charge in [0, 0.05) is 41.0 Å². The molecule has 2 atom stereocenters. The number of aryl methyl sites for hydroxylation is 1. The van der Waals surface area contributed by atoms with Crippen LogP contribution in [-0.2, 0) is 10.9 Å². The minimum Gasteiger partial charge on any atom is -0.485 e. The first-order valence-corrected chi connectivity index (χ1v) is 11.1. The zero-order valence-electron chi connectivity index (χ0n) is 18.1. The van der Waals surface area contributed by atoms with E-state index in [0.717, 1.165) is 17.3 Å². The summed E-state index contributed by atoms with van der Waals surface area (Å²) in [6.07, 6.45) is -0.819. The van der Waals surface area contributed by atoms with Crippen LogP contribution in [0.5, 0.6) is 5.75 Å². The highest BCUT2D eigenvalue weighted by molar-refractivity contribution is 7.14. The topological polar surface area (TPSA) is 86.2 Å². The number of halogens is 4. The monoisotopic (exact) mass is 496 g/mol. The third-order valence-corrected chi connectivity index (χ3v) is 6.07.